The molecule has 0 spiro atoms. The molecule has 3 fully saturated rings. The number of ether oxygens (including phenoxy) is 1. The van der Waals surface area contributed by atoms with Crippen LogP contribution in [-0.4, -0.2) is 50.9 Å². The molecule has 2 amide bonds. The molecule has 0 aromatic carbocycles. The van der Waals surface area contributed by atoms with Crippen molar-refractivity contribution in [1.82, 2.24) is 25.0 Å². The molecule has 7 nitrogen and oxygen atoms in total. The zero-order valence-electron chi connectivity index (χ0n) is 16.2. The van der Waals surface area contributed by atoms with Crippen LogP contribution < -0.4 is 10.1 Å². The summed E-state index contributed by atoms with van der Waals surface area (Å²) in [6.45, 7) is 3.70. The Hall–Kier alpha value is -2.57. The largest absolute Gasteiger partial charge is 0.472 e. The van der Waals surface area contributed by atoms with Crippen molar-refractivity contribution in [1.29, 1.82) is 0 Å². The summed E-state index contributed by atoms with van der Waals surface area (Å²) in [4.78, 5) is 18.9. The lowest BCUT2D eigenvalue weighted by molar-refractivity contribution is 0.0459. The SMILES string of the molecule is Cc1cnn([C@H]2C[C@H]3CN(C(=O)NC4CC4)C[C@H]3C[C@@H]2Oc2ccccn2)c1. The van der Waals surface area contributed by atoms with Crippen LogP contribution in [0.2, 0.25) is 0 Å². The van der Waals surface area contributed by atoms with Gasteiger partial charge in [-0.25, -0.2) is 9.78 Å². The highest BCUT2D eigenvalue weighted by Crippen LogP contribution is 2.42. The van der Waals surface area contributed by atoms with Gasteiger partial charge in [0.1, 0.15) is 6.10 Å². The predicted octanol–water partition coefficient (Wildman–Crippen LogP) is 2.79. The Balaban J connectivity index is 1.34. The summed E-state index contributed by atoms with van der Waals surface area (Å²) in [5, 5.41) is 7.70. The van der Waals surface area contributed by atoms with Crippen molar-refractivity contribution >= 4 is 6.03 Å². The van der Waals surface area contributed by atoms with Crippen molar-refractivity contribution in [2.75, 3.05) is 13.1 Å². The van der Waals surface area contributed by atoms with E-state index in [2.05, 4.69) is 28.5 Å². The molecule has 3 aliphatic rings. The van der Waals surface area contributed by atoms with Crippen LogP contribution in [0.5, 0.6) is 5.88 Å². The van der Waals surface area contributed by atoms with Crippen molar-refractivity contribution < 1.29 is 9.53 Å². The third-order valence-electron chi connectivity index (χ3n) is 6.26. The van der Waals surface area contributed by atoms with E-state index in [1.165, 1.54) is 0 Å². The minimum atomic E-state index is 0.00175. The summed E-state index contributed by atoms with van der Waals surface area (Å²) in [7, 11) is 0. The maximum atomic E-state index is 12.5. The second kappa shape index (κ2) is 7.11. The average Bonchev–Trinajstić information content (AvgIpc) is 3.23. The molecule has 2 aromatic heterocycles. The van der Waals surface area contributed by atoms with Crippen LogP contribution in [0.1, 0.15) is 37.3 Å². The van der Waals surface area contributed by atoms with E-state index in [1.54, 1.807) is 6.20 Å². The molecule has 0 unspecified atom stereocenters. The zero-order chi connectivity index (χ0) is 19.1. The second-order valence-corrected chi connectivity index (χ2v) is 8.51. The minimum absolute atomic E-state index is 0.00175. The van der Waals surface area contributed by atoms with E-state index in [9.17, 15) is 4.79 Å². The molecule has 5 rings (SSSR count). The lowest BCUT2D eigenvalue weighted by atomic mass is 9.77. The standard InChI is InChI=1S/C21H27N5O2/c1-14-10-23-26(11-14)18-8-15-12-25(21(27)24-17-5-6-17)13-16(15)9-19(18)28-20-4-2-3-7-22-20/h2-4,7,10-11,15-19H,5-6,8-9,12-13H2,1H3,(H,24,27)/t15-,16+,18-,19-/m0/s1. The van der Waals surface area contributed by atoms with Gasteiger partial charge in [-0.1, -0.05) is 6.07 Å². The molecular formula is C21H27N5O2. The highest BCUT2D eigenvalue weighted by Gasteiger charge is 2.45. The van der Waals surface area contributed by atoms with E-state index in [4.69, 9.17) is 4.74 Å². The summed E-state index contributed by atoms with van der Waals surface area (Å²) in [5.74, 6) is 1.61. The van der Waals surface area contributed by atoms with Crippen molar-refractivity contribution in [3.05, 3.63) is 42.4 Å². The van der Waals surface area contributed by atoms with Crippen LogP contribution in [0.15, 0.2) is 36.8 Å². The fourth-order valence-corrected chi connectivity index (χ4v) is 4.64. The monoisotopic (exact) mass is 381 g/mol. The lowest BCUT2D eigenvalue weighted by Gasteiger charge is -2.37. The first kappa shape index (κ1) is 17.5. The van der Waals surface area contributed by atoms with E-state index >= 15 is 0 Å². The third-order valence-corrected chi connectivity index (χ3v) is 6.26. The Morgan fingerprint density at radius 1 is 1.21 bits per heavy atom. The fourth-order valence-electron chi connectivity index (χ4n) is 4.64. The molecule has 0 radical (unpaired) electrons. The first-order valence-electron chi connectivity index (χ1n) is 10.3. The van der Waals surface area contributed by atoms with Crippen LogP contribution in [0.3, 0.4) is 0 Å². The molecule has 2 aromatic rings. The number of rotatable bonds is 4. The fraction of sp³-hybridized carbons (Fsp3) is 0.571. The van der Waals surface area contributed by atoms with Gasteiger partial charge in [0.15, 0.2) is 0 Å². The maximum absolute atomic E-state index is 12.5. The Labute approximate surface area is 165 Å². The van der Waals surface area contributed by atoms with Crippen LogP contribution >= 0.6 is 0 Å². The highest BCUT2D eigenvalue weighted by atomic mass is 16.5. The number of urea groups is 1. The number of nitrogens with one attached hydrogen (secondary N) is 1. The summed E-state index contributed by atoms with van der Waals surface area (Å²) in [6, 6.07) is 6.40. The number of fused-ring (bicyclic) bond motifs is 1. The van der Waals surface area contributed by atoms with Crippen LogP contribution in [0.4, 0.5) is 4.79 Å². The Bertz CT molecular complexity index is 834. The number of likely N-dealkylation sites (tertiary alicyclic amines) is 1. The number of carbonyl (C=O) groups excluding carboxylic acids is 1. The Kier molecular flexibility index (Phi) is 4.45. The molecular weight excluding hydrogens is 354 g/mol. The number of amides is 2. The van der Waals surface area contributed by atoms with Crippen molar-refractivity contribution in [2.45, 2.75) is 50.8 Å². The van der Waals surface area contributed by atoms with Gasteiger partial charge in [-0.05, 0) is 56.1 Å². The summed E-state index contributed by atoms with van der Waals surface area (Å²) in [6.07, 6.45) is 9.87. The van der Waals surface area contributed by atoms with Gasteiger partial charge < -0.3 is 15.0 Å². The quantitative estimate of drug-likeness (QED) is 0.884. The van der Waals surface area contributed by atoms with Crippen LogP contribution in [0.25, 0.3) is 0 Å². The molecule has 1 N–H and O–H groups in total. The summed E-state index contributed by atoms with van der Waals surface area (Å²) >= 11 is 0. The molecule has 2 saturated carbocycles. The van der Waals surface area contributed by atoms with Gasteiger partial charge in [0, 0.05) is 37.6 Å². The zero-order valence-corrected chi connectivity index (χ0v) is 16.2. The number of hydrogen-bond donors (Lipinski definition) is 1. The lowest BCUT2D eigenvalue weighted by Crippen LogP contribution is -2.40. The number of pyridine rings is 1. The molecule has 0 bridgehead atoms. The molecule has 1 saturated heterocycles. The van der Waals surface area contributed by atoms with E-state index < -0.39 is 0 Å². The summed E-state index contributed by atoms with van der Waals surface area (Å²) in [5.41, 5.74) is 1.15. The Morgan fingerprint density at radius 2 is 2.04 bits per heavy atom. The smallest absolute Gasteiger partial charge is 0.317 e. The van der Waals surface area contributed by atoms with Gasteiger partial charge in [0.25, 0.3) is 0 Å². The van der Waals surface area contributed by atoms with Crippen molar-refractivity contribution in [3.8, 4) is 5.88 Å². The number of aromatic nitrogens is 3. The van der Waals surface area contributed by atoms with Crippen molar-refractivity contribution in [3.63, 3.8) is 0 Å². The first-order chi connectivity index (χ1) is 13.7. The molecule has 7 heteroatoms. The predicted molar refractivity (Wildman–Crippen MR) is 104 cm³/mol. The molecule has 148 valence electrons. The van der Waals surface area contributed by atoms with Gasteiger partial charge in [-0.2, -0.15) is 5.10 Å². The average molecular weight is 381 g/mol. The second-order valence-electron chi connectivity index (χ2n) is 8.51. The number of aryl methyl sites for hydroxylation is 1. The van der Waals surface area contributed by atoms with E-state index in [0.29, 0.717) is 23.8 Å². The van der Waals surface area contributed by atoms with E-state index in [0.717, 1.165) is 44.3 Å². The van der Waals surface area contributed by atoms with E-state index in [1.807, 2.05) is 34.0 Å². The molecule has 2 aliphatic carbocycles. The van der Waals surface area contributed by atoms with Crippen LogP contribution in [-0.2, 0) is 0 Å². The molecule has 28 heavy (non-hydrogen) atoms. The molecule has 4 atom stereocenters. The number of carbonyl (C=O) groups is 1. The van der Waals surface area contributed by atoms with Gasteiger partial charge in [-0.15, -0.1) is 0 Å². The summed E-state index contributed by atoms with van der Waals surface area (Å²) < 4.78 is 8.37. The maximum Gasteiger partial charge on any atom is 0.317 e. The van der Waals surface area contributed by atoms with Gasteiger partial charge in [0.2, 0.25) is 5.88 Å². The van der Waals surface area contributed by atoms with Gasteiger partial charge in [0.05, 0.1) is 12.2 Å². The van der Waals surface area contributed by atoms with Crippen molar-refractivity contribution in [2.24, 2.45) is 11.8 Å². The minimum Gasteiger partial charge on any atom is -0.472 e. The number of hydrogen-bond acceptors (Lipinski definition) is 4. The Morgan fingerprint density at radius 3 is 2.71 bits per heavy atom. The van der Waals surface area contributed by atoms with Gasteiger partial charge in [-0.3, -0.25) is 4.68 Å². The highest BCUT2D eigenvalue weighted by molar-refractivity contribution is 5.75. The normalized spacial score (nSPS) is 29.4. The molecule has 3 heterocycles. The van der Waals surface area contributed by atoms with Gasteiger partial charge >= 0.3 is 6.03 Å². The topological polar surface area (TPSA) is 72.3 Å². The molecule has 1 aliphatic heterocycles. The number of nitrogens with zero attached hydrogens (tertiary/aromatic N) is 4. The first-order valence-corrected chi connectivity index (χ1v) is 10.3. The third kappa shape index (κ3) is 3.57. The van der Waals surface area contributed by atoms with E-state index in [-0.39, 0.29) is 18.2 Å². The van der Waals surface area contributed by atoms with Crippen LogP contribution in [0, 0.1) is 18.8 Å².